The number of hydrogen-bond acceptors (Lipinski definition) is 2. The van der Waals surface area contributed by atoms with Crippen LogP contribution in [-0.4, -0.2) is 25.2 Å². The van der Waals surface area contributed by atoms with Crippen molar-refractivity contribution in [2.45, 2.75) is 45.7 Å². The molecule has 0 saturated heterocycles. The summed E-state index contributed by atoms with van der Waals surface area (Å²) in [5.41, 5.74) is 4.73. The Balaban J connectivity index is 4.62. The molecule has 1 amide bonds. The summed E-state index contributed by atoms with van der Waals surface area (Å²) < 4.78 is 36.1. The van der Waals surface area contributed by atoms with Gasteiger partial charge in [-0.05, 0) is 12.8 Å². The van der Waals surface area contributed by atoms with Gasteiger partial charge in [0, 0.05) is 6.54 Å². The van der Waals surface area contributed by atoms with Crippen LogP contribution in [0.25, 0.3) is 0 Å². The summed E-state index contributed by atoms with van der Waals surface area (Å²) in [5.74, 6) is -0.582. The largest absolute Gasteiger partial charge is 0.405 e. The van der Waals surface area contributed by atoms with E-state index in [1.165, 1.54) is 0 Å². The Hall–Kier alpha value is -0.780. The minimum absolute atomic E-state index is 0.0817. The summed E-state index contributed by atoms with van der Waals surface area (Å²) in [6.07, 6.45) is -1.91. The molecule has 0 aromatic rings. The number of rotatable bonds is 7. The van der Waals surface area contributed by atoms with Gasteiger partial charge in [0.25, 0.3) is 0 Å². The van der Waals surface area contributed by atoms with Crippen molar-refractivity contribution < 1.29 is 18.0 Å². The van der Waals surface area contributed by atoms with Gasteiger partial charge in [-0.25, -0.2) is 0 Å². The molecule has 0 fully saturated rings. The fraction of sp³-hybridized carbons (Fsp3) is 0.909. The van der Waals surface area contributed by atoms with Crippen LogP contribution in [0.1, 0.15) is 39.5 Å². The Labute approximate surface area is 99.9 Å². The Morgan fingerprint density at radius 3 is 1.94 bits per heavy atom. The first-order chi connectivity index (χ1) is 7.81. The lowest BCUT2D eigenvalue weighted by Gasteiger charge is -2.30. The number of alkyl halides is 3. The van der Waals surface area contributed by atoms with E-state index in [0.717, 1.165) is 12.8 Å². The highest BCUT2D eigenvalue weighted by atomic mass is 19.4. The number of carbonyl (C=O) groups is 1. The molecule has 3 N–H and O–H groups in total. The predicted molar refractivity (Wildman–Crippen MR) is 60.4 cm³/mol. The average molecular weight is 254 g/mol. The highest BCUT2D eigenvalue weighted by Crippen LogP contribution is 2.29. The number of nitrogens with one attached hydrogen (secondary N) is 1. The topological polar surface area (TPSA) is 55.1 Å². The van der Waals surface area contributed by atoms with Gasteiger partial charge >= 0.3 is 6.18 Å². The molecule has 0 unspecified atom stereocenters. The lowest BCUT2D eigenvalue weighted by atomic mass is 9.78. The Morgan fingerprint density at radius 1 is 1.18 bits per heavy atom. The van der Waals surface area contributed by atoms with E-state index in [9.17, 15) is 18.0 Å². The molecule has 0 aromatic carbocycles. The van der Waals surface area contributed by atoms with Crippen LogP contribution in [0, 0.1) is 5.41 Å². The maximum Gasteiger partial charge on any atom is 0.405 e. The molecule has 0 aliphatic heterocycles. The van der Waals surface area contributed by atoms with Gasteiger partial charge in [-0.1, -0.05) is 26.7 Å². The highest BCUT2D eigenvalue weighted by molar-refractivity contribution is 5.82. The molecule has 102 valence electrons. The van der Waals surface area contributed by atoms with Crippen molar-refractivity contribution >= 4 is 5.91 Å². The van der Waals surface area contributed by atoms with Gasteiger partial charge < -0.3 is 11.1 Å². The SMILES string of the molecule is CCCC(CN)(CCC)C(=O)NCC(F)(F)F. The Kier molecular flexibility index (Phi) is 6.52. The van der Waals surface area contributed by atoms with Gasteiger partial charge in [0.05, 0.1) is 5.41 Å². The van der Waals surface area contributed by atoms with Crippen LogP contribution in [0.15, 0.2) is 0 Å². The number of amides is 1. The summed E-state index contributed by atoms with van der Waals surface area (Å²) in [6, 6.07) is 0. The molecule has 0 aliphatic carbocycles. The Morgan fingerprint density at radius 2 is 1.65 bits per heavy atom. The van der Waals surface area contributed by atoms with Crippen LogP contribution in [0.5, 0.6) is 0 Å². The van der Waals surface area contributed by atoms with E-state index in [1.807, 2.05) is 19.2 Å². The van der Waals surface area contributed by atoms with E-state index in [4.69, 9.17) is 5.73 Å². The van der Waals surface area contributed by atoms with Crippen LogP contribution in [0.3, 0.4) is 0 Å². The fourth-order valence-corrected chi connectivity index (χ4v) is 1.97. The first-order valence-electron chi connectivity index (χ1n) is 5.86. The molecule has 0 atom stereocenters. The van der Waals surface area contributed by atoms with E-state index in [-0.39, 0.29) is 6.54 Å². The van der Waals surface area contributed by atoms with E-state index >= 15 is 0 Å². The van der Waals surface area contributed by atoms with E-state index in [0.29, 0.717) is 12.8 Å². The normalized spacial score (nSPS) is 12.6. The zero-order valence-corrected chi connectivity index (χ0v) is 10.4. The van der Waals surface area contributed by atoms with Crippen LogP contribution in [0.4, 0.5) is 13.2 Å². The predicted octanol–water partition coefficient (Wildman–Crippen LogP) is 2.21. The van der Waals surface area contributed by atoms with Crippen molar-refractivity contribution in [3.05, 3.63) is 0 Å². The maximum absolute atomic E-state index is 12.0. The lowest BCUT2D eigenvalue weighted by molar-refractivity contribution is -0.145. The van der Waals surface area contributed by atoms with E-state index in [1.54, 1.807) is 0 Å². The molecule has 0 bridgehead atoms. The van der Waals surface area contributed by atoms with Crippen LogP contribution in [0.2, 0.25) is 0 Å². The van der Waals surface area contributed by atoms with Gasteiger partial charge in [0.2, 0.25) is 5.91 Å². The number of nitrogens with two attached hydrogens (primary N) is 1. The second kappa shape index (κ2) is 6.83. The minimum atomic E-state index is -4.38. The molecule has 6 heteroatoms. The molecule has 0 spiro atoms. The smallest absolute Gasteiger partial charge is 0.346 e. The third-order valence-corrected chi connectivity index (χ3v) is 2.78. The number of carbonyl (C=O) groups excluding carboxylic acids is 1. The molecule has 17 heavy (non-hydrogen) atoms. The van der Waals surface area contributed by atoms with Gasteiger partial charge in [0.1, 0.15) is 6.54 Å². The van der Waals surface area contributed by atoms with Crippen molar-refractivity contribution in [2.24, 2.45) is 11.1 Å². The monoisotopic (exact) mass is 254 g/mol. The van der Waals surface area contributed by atoms with Crippen LogP contribution in [-0.2, 0) is 4.79 Å². The molecule has 0 aliphatic rings. The highest BCUT2D eigenvalue weighted by Gasteiger charge is 2.37. The first kappa shape index (κ1) is 16.2. The molecule has 0 aromatic heterocycles. The van der Waals surface area contributed by atoms with Crippen LogP contribution >= 0.6 is 0 Å². The zero-order chi connectivity index (χ0) is 13.5. The van der Waals surface area contributed by atoms with Gasteiger partial charge in [-0.2, -0.15) is 13.2 Å². The minimum Gasteiger partial charge on any atom is -0.346 e. The number of halogens is 3. The third kappa shape index (κ3) is 5.39. The molecule has 0 saturated carbocycles. The number of hydrogen-bond donors (Lipinski definition) is 2. The van der Waals surface area contributed by atoms with Crippen molar-refractivity contribution in [3.63, 3.8) is 0 Å². The van der Waals surface area contributed by atoms with Crippen molar-refractivity contribution in [1.82, 2.24) is 5.32 Å². The second-order valence-electron chi connectivity index (χ2n) is 4.28. The van der Waals surface area contributed by atoms with Gasteiger partial charge in [-0.15, -0.1) is 0 Å². The summed E-state index contributed by atoms with van der Waals surface area (Å²) in [4.78, 5) is 11.8. The third-order valence-electron chi connectivity index (χ3n) is 2.78. The average Bonchev–Trinajstić information content (AvgIpc) is 2.24. The molecular formula is C11H21F3N2O. The van der Waals surface area contributed by atoms with Crippen molar-refractivity contribution in [2.75, 3.05) is 13.1 Å². The van der Waals surface area contributed by atoms with Crippen LogP contribution < -0.4 is 11.1 Å². The maximum atomic E-state index is 12.0. The fourth-order valence-electron chi connectivity index (χ4n) is 1.97. The lowest BCUT2D eigenvalue weighted by Crippen LogP contribution is -2.48. The Bertz CT molecular complexity index is 235. The molecule has 3 nitrogen and oxygen atoms in total. The van der Waals surface area contributed by atoms with Crippen molar-refractivity contribution in [3.8, 4) is 0 Å². The van der Waals surface area contributed by atoms with Crippen molar-refractivity contribution in [1.29, 1.82) is 0 Å². The summed E-state index contributed by atoms with van der Waals surface area (Å²) in [5, 5.41) is 1.94. The summed E-state index contributed by atoms with van der Waals surface area (Å²) in [6.45, 7) is 2.56. The molecule has 0 radical (unpaired) electrons. The standard InChI is InChI=1S/C11H21F3N2O/c1-3-5-10(7-15,6-4-2)9(17)16-8-11(12,13)14/h3-8,15H2,1-2H3,(H,16,17). The molecular weight excluding hydrogens is 233 g/mol. The van der Waals surface area contributed by atoms with Gasteiger partial charge in [-0.3, -0.25) is 4.79 Å². The quantitative estimate of drug-likeness (QED) is 0.732. The summed E-state index contributed by atoms with van der Waals surface area (Å²) >= 11 is 0. The summed E-state index contributed by atoms with van der Waals surface area (Å²) in [7, 11) is 0. The first-order valence-corrected chi connectivity index (χ1v) is 5.86. The van der Waals surface area contributed by atoms with E-state index in [2.05, 4.69) is 0 Å². The molecule has 0 heterocycles. The van der Waals surface area contributed by atoms with E-state index < -0.39 is 24.0 Å². The van der Waals surface area contributed by atoms with Gasteiger partial charge in [0.15, 0.2) is 0 Å². The second-order valence-corrected chi connectivity index (χ2v) is 4.28. The molecule has 0 rings (SSSR count). The zero-order valence-electron chi connectivity index (χ0n) is 10.4.